The largest absolute Gasteiger partial charge is 0.463 e. The van der Waals surface area contributed by atoms with E-state index < -0.39 is 12.0 Å². The summed E-state index contributed by atoms with van der Waals surface area (Å²) in [6.45, 7) is 3.78. The fourth-order valence-corrected chi connectivity index (χ4v) is 5.06. The smallest absolute Gasteiger partial charge is 0.338 e. The highest BCUT2D eigenvalue weighted by molar-refractivity contribution is 14.1. The summed E-state index contributed by atoms with van der Waals surface area (Å²) < 4.78 is 13.7. The molecule has 0 saturated heterocycles. The molecule has 7 nitrogen and oxygen atoms in total. The van der Waals surface area contributed by atoms with E-state index in [1.807, 2.05) is 55.4 Å². The van der Waals surface area contributed by atoms with Crippen molar-refractivity contribution in [2.24, 2.45) is 4.99 Å². The Balaban J connectivity index is 1.93. The number of carbonyl (C=O) groups excluding carboxylic acids is 1. The minimum Gasteiger partial charge on any atom is -0.463 e. The van der Waals surface area contributed by atoms with Crippen molar-refractivity contribution >= 4 is 51.7 Å². The number of hydrogen-bond donors (Lipinski definition) is 0. The van der Waals surface area contributed by atoms with Crippen LogP contribution in [-0.4, -0.2) is 31.2 Å². The first kappa shape index (κ1) is 22.5. The Morgan fingerprint density at radius 1 is 1.28 bits per heavy atom. The Morgan fingerprint density at radius 3 is 2.59 bits per heavy atom. The highest BCUT2D eigenvalue weighted by Gasteiger charge is 2.33. The van der Waals surface area contributed by atoms with Gasteiger partial charge in [0.25, 0.3) is 5.56 Å². The molecule has 0 unspecified atom stereocenters. The van der Waals surface area contributed by atoms with Crippen LogP contribution < -0.4 is 19.8 Å². The van der Waals surface area contributed by atoms with Gasteiger partial charge in [-0.1, -0.05) is 23.5 Å². The van der Waals surface area contributed by atoms with Gasteiger partial charge in [0, 0.05) is 25.9 Å². The van der Waals surface area contributed by atoms with E-state index in [1.54, 1.807) is 24.5 Å². The van der Waals surface area contributed by atoms with E-state index in [0.29, 0.717) is 26.4 Å². The molecule has 3 aromatic rings. The number of hydrogen-bond acceptors (Lipinski definition) is 7. The third kappa shape index (κ3) is 4.18. The van der Waals surface area contributed by atoms with Gasteiger partial charge in [0.05, 0.1) is 28.5 Å². The van der Waals surface area contributed by atoms with Crippen molar-refractivity contribution in [3.8, 4) is 0 Å². The van der Waals surface area contributed by atoms with E-state index in [4.69, 9.17) is 9.15 Å². The topological polar surface area (TPSA) is 77.0 Å². The summed E-state index contributed by atoms with van der Waals surface area (Å²) in [7, 11) is 3.92. The van der Waals surface area contributed by atoms with Crippen LogP contribution in [0.5, 0.6) is 0 Å². The zero-order chi connectivity index (χ0) is 23.0. The van der Waals surface area contributed by atoms with Crippen LogP contribution in [0.4, 0.5) is 5.69 Å². The Bertz CT molecular complexity index is 1380. The maximum Gasteiger partial charge on any atom is 0.338 e. The normalized spacial score (nSPS) is 16.0. The van der Waals surface area contributed by atoms with Gasteiger partial charge >= 0.3 is 5.97 Å². The molecule has 0 radical (unpaired) electrons. The van der Waals surface area contributed by atoms with Crippen LogP contribution in [0, 0.1) is 3.77 Å². The Labute approximate surface area is 202 Å². The minimum absolute atomic E-state index is 0.226. The molecular formula is C23H22IN3O4S. The molecule has 0 fully saturated rings. The monoisotopic (exact) mass is 563 g/mol. The molecule has 0 amide bonds. The second-order valence-corrected chi connectivity index (χ2v) is 9.50. The number of carbonyl (C=O) groups is 1. The van der Waals surface area contributed by atoms with E-state index in [1.165, 1.54) is 11.3 Å². The molecule has 0 spiro atoms. The Morgan fingerprint density at radius 2 is 2.00 bits per heavy atom. The number of benzene rings is 1. The van der Waals surface area contributed by atoms with Crippen molar-refractivity contribution in [3.63, 3.8) is 0 Å². The second kappa shape index (κ2) is 9.07. The summed E-state index contributed by atoms with van der Waals surface area (Å²) in [6.07, 6.45) is 1.71. The molecule has 0 N–H and O–H groups in total. The lowest BCUT2D eigenvalue weighted by Gasteiger charge is -2.25. The number of ether oxygens (including phenoxy) is 1. The van der Waals surface area contributed by atoms with E-state index in [-0.39, 0.29) is 12.2 Å². The number of thiazole rings is 1. The average Bonchev–Trinajstić information content (AvgIpc) is 3.30. The first-order valence-corrected chi connectivity index (χ1v) is 11.9. The first-order valence-electron chi connectivity index (χ1n) is 10.0. The van der Waals surface area contributed by atoms with Crippen molar-refractivity contribution in [3.05, 3.63) is 82.4 Å². The SMILES string of the molecule is CCOC(=O)C1=C(C)N=c2s/c(=C/c3ccc(I)o3)c(=O)n2[C@@H]1c1ccc(N(C)C)cc1. The van der Waals surface area contributed by atoms with Gasteiger partial charge in [-0.25, -0.2) is 9.79 Å². The number of furan rings is 1. The number of halogens is 1. The summed E-state index contributed by atoms with van der Waals surface area (Å²) in [4.78, 5) is 33.5. The van der Waals surface area contributed by atoms with E-state index in [2.05, 4.69) is 27.6 Å². The number of aromatic nitrogens is 1. The number of anilines is 1. The fraction of sp³-hybridized carbons (Fsp3) is 0.261. The molecule has 166 valence electrons. The zero-order valence-corrected chi connectivity index (χ0v) is 21.1. The van der Waals surface area contributed by atoms with E-state index >= 15 is 0 Å². The quantitative estimate of drug-likeness (QED) is 0.353. The van der Waals surface area contributed by atoms with Gasteiger partial charge in [-0.15, -0.1) is 0 Å². The first-order chi connectivity index (χ1) is 15.3. The molecule has 0 saturated carbocycles. The van der Waals surface area contributed by atoms with Crippen molar-refractivity contribution in [1.29, 1.82) is 0 Å². The molecule has 32 heavy (non-hydrogen) atoms. The van der Waals surface area contributed by atoms with E-state index in [9.17, 15) is 9.59 Å². The lowest BCUT2D eigenvalue weighted by atomic mass is 9.95. The van der Waals surface area contributed by atoms with Crippen molar-refractivity contribution in [2.45, 2.75) is 19.9 Å². The van der Waals surface area contributed by atoms with Gasteiger partial charge in [0.2, 0.25) is 0 Å². The fourth-order valence-electron chi connectivity index (χ4n) is 3.60. The van der Waals surface area contributed by atoms with Crippen LogP contribution in [0.2, 0.25) is 0 Å². The van der Waals surface area contributed by atoms with Crippen LogP contribution >= 0.6 is 33.9 Å². The van der Waals surface area contributed by atoms with Crippen LogP contribution in [-0.2, 0) is 9.53 Å². The van der Waals surface area contributed by atoms with Gasteiger partial charge < -0.3 is 14.1 Å². The molecule has 1 aromatic carbocycles. The summed E-state index contributed by atoms with van der Waals surface area (Å²) in [6, 6.07) is 10.8. The van der Waals surface area contributed by atoms with Gasteiger partial charge in [-0.2, -0.15) is 0 Å². The number of nitrogens with zero attached hydrogens (tertiary/aromatic N) is 3. The number of rotatable bonds is 5. The highest BCUT2D eigenvalue weighted by Crippen LogP contribution is 2.31. The molecular weight excluding hydrogens is 541 g/mol. The molecule has 2 aromatic heterocycles. The Hall–Kier alpha value is -2.66. The van der Waals surface area contributed by atoms with Crippen LogP contribution in [0.15, 0.2) is 61.9 Å². The maximum atomic E-state index is 13.5. The predicted molar refractivity (Wildman–Crippen MR) is 133 cm³/mol. The van der Waals surface area contributed by atoms with Crippen LogP contribution in [0.3, 0.4) is 0 Å². The summed E-state index contributed by atoms with van der Waals surface area (Å²) >= 11 is 3.36. The third-order valence-corrected chi connectivity index (χ3v) is 6.67. The van der Waals surface area contributed by atoms with Crippen molar-refractivity contribution < 1.29 is 13.9 Å². The molecule has 3 heterocycles. The van der Waals surface area contributed by atoms with Crippen molar-refractivity contribution in [1.82, 2.24) is 4.57 Å². The number of fused-ring (bicyclic) bond motifs is 1. The average molecular weight is 563 g/mol. The van der Waals surface area contributed by atoms with Gasteiger partial charge in [0.1, 0.15) is 5.76 Å². The van der Waals surface area contributed by atoms with Crippen molar-refractivity contribution in [2.75, 3.05) is 25.6 Å². The highest BCUT2D eigenvalue weighted by atomic mass is 127. The molecule has 0 bridgehead atoms. The van der Waals surface area contributed by atoms with E-state index in [0.717, 1.165) is 15.0 Å². The molecule has 1 aliphatic rings. The maximum absolute atomic E-state index is 13.5. The molecule has 1 aliphatic heterocycles. The Kier molecular flexibility index (Phi) is 6.38. The molecule has 1 atom stereocenters. The third-order valence-electron chi connectivity index (χ3n) is 5.11. The second-order valence-electron chi connectivity index (χ2n) is 7.43. The predicted octanol–water partition coefficient (Wildman–Crippen LogP) is 3.06. The summed E-state index contributed by atoms with van der Waals surface area (Å²) in [5, 5.41) is 0. The summed E-state index contributed by atoms with van der Waals surface area (Å²) in [5.41, 5.74) is 2.53. The molecule has 0 aliphatic carbocycles. The van der Waals surface area contributed by atoms with Gasteiger partial charge in [-0.3, -0.25) is 9.36 Å². The van der Waals surface area contributed by atoms with Gasteiger partial charge in [0.15, 0.2) is 8.57 Å². The molecule has 4 rings (SSSR count). The number of esters is 1. The standard InChI is InChI=1S/C23H22IN3O4S/c1-5-30-22(29)19-13(2)25-23-27(20(19)14-6-8-15(9-7-14)26(3)4)21(28)17(32-23)12-16-10-11-18(24)31-16/h6-12,20H,5H2,1-4H3/b17-12+/t20-/m1/s1. The van der Waals surface area contributed by atoms with Crippen LogP contribution in [0.25, 0.3) is 6.08 Å². The number of allylic oxidation sites excluding steroid dienone is 1. The summed E-state index contributed by atoms with van der Waals surface area (Å²) in [5.74, 6) is 0.123. The van der Waals surface area contributed by atoms with Crippen LogP contribution in [0.1, 0.15) is 31.2 Å². The molecule has 9 heteroatoms. The lowest BCUT2D eigenvalue weighted by Crippen LogP contribution is -2.39. The zero-order valence-electron chi connectivity index (χ0n) is 18.1. The lowest BCUT2D eigenvalue weighted by molar-refractivity contribution is -0.139. The minimum atomic E-state index is -0.625. The van der Waals surface area contributed by atoms with Gasteiger partial charge in [-0.05, 0) is 66.3 Å².